The van der Waals surface area contributed by atoms with Crippen LogP contribution >= 0.6 is 0 Å². The lowest BCUT2D eigenvalue weighted by Crippen LogP contribution is -2.36. The molecule has 2 aromatic carbocycles. The van der Waals surface area contributed by atoms with Gasteiger partial charge < -0.3 is 15.5 Å². The Bertz CT molecular complexity index is 788. The minimum atomic E-state index is -4.32. The molecule has 0 bridgehead atoms. The summed E-state index contributed by atoms with van der Waals surface area (Å²) in [6, 6.07) is 9.59. The van der Waals surface area contributed by atoms with Crippen LogP contribution in [0.2, 0.25) is 0 Å². The summed E-state index contributed by atoms with van der Waals surface area (Å²) in [4.78, 5) is -0.165. The van der Waals surface area contributed by atoms with Gasteiger partial charge in [0.15, 0.2) is 0 Å². The second kappa shape index (κ2) is 6.84. The Hall–Kier alpha value is -1.67. The Kier molecular flexibility index (Phi) is 5.26. The summed E-state index contributed by atoms with van der Waals surface area (Å²) in [5.41, 5.74) is 0.614. The number of nitrogens with one attached hydrogen (secondary N) is 1. The molecule has 2 atom stereocenters. The van der Waals surface area contributed by atoms with Crippen molar-refractivity contribution in [2.24, 2.45) is 5.92 Å². The normalized spacial score (nSPS) is 14.9. The van der Waals surface area contributed by atoms with Gasteiger partial charge in [0.2, 0.25) is 0 Å². The van der Waals surface area contributed by atoms with E-state index in [2.05, 4.69) is 5.32 Å². The summed E-state index contributed by atoms with van der Waals surface area (Å²) in [5, 5.41) is 23.8. The summed E-state index contributed by atoms with van der Waals surface area (Å²) < 4.78 is 32.2. The van der Waals surface area contributed by atoms with E-state index >= 15 is 0 Å². The third-order valence-electron chi connectivity index (χ3n) is 3.74. The summed E-state index contributed by atoms with van der Waals surface area (Å²) >= 11 is 0. The molecule has 0 aliphatic rings. The maximum Gasteiger partial charge on any atom is 0.295 e. The van der Waals surface area contributed by atoms with Gasteiger partial charge in [0.1, 0.15) is 4.90 Å². The minimum absolute atomic E-state index is 0.0783. The average Bonchev–Trinajstić information content (AvgIpc) is 2.50. The highest BCUT2D eigenvalue weighted by Gasteiger charge is 2.20. The fourth-order valence-electron chi connectivity index (χ4n) is 2.43. The fraction of sp³-hybridized carbons (Fsp3) is 0.375. The van der Waals surface area contributed by atoms with E-state index in [-0.39, 0.29) is 17.4 Å². The molecule has 0 aliphatic heterocycles. The van der Waals surface area contributed by atoms with E-state index in [4.69, 9.17) is 0 Å². The highest BCUT2D eigenvalue weighted by molar-refractivity contribution is 7.86. The number of aliphatic hydroxyl groups excluding tert-OH is 2. The zero-order valence-electron chi connectivity index (χ0n) is 13.0. The topological polar surface area (TPSA) is 107 Å². The molecule has 0 amide bonds. The van der Waals surface area contributed by atoms with Crippen molar-refractivity contribution in [3.8, 4) is 0 Å². The van der Waals surface area contributed by atoms with Gasteiger partial charge >= 0.3 is 0 Å². The monoisotopic (exact) mass is 339 g/mol. The molecule has 23 heavy (non-hydrogen) atoms. The summed E-state index contributed by atoms with van der Waals surface area (Å²) in [6.45, 7) is 3.74. The zero-order chi connectivity index (χ0) is 17.2. The van der Waals surface area contributed by atoms with Gasteiger partial charge in [-0.1, -0.05) is 38.1 Å². The number of aliphatic hydroxyl groups is 2. The van der Waals surface area contributed by atoms with Crippen molar-refractivity contribution in [3.05, 3.63) is 36.4 Å². The largest absolute Gasteiger partial charge is 0.390 e. The van der Waals surface area contributed by atoms with Gasteiger partial charge in [0.25, 0.3) is 10.1 Å². The van der Waals surface area contributed by atoms with Crippen molar-refractivity contribution in [1.82, 2.24) is 0 Å². The first-order valence-electron chi connectivity index (χ1n) is 7.31. The average molecular weight is 339 g/mol. The lowest BCUT2D eigenvalue weighted by molar-refractivity contribution is -0.000357. The van der Waals surface area contributed by atoms with Crippen molar-refractivity contribution < 1.29 is 23.2 Å². The third-order valence-corrected chi connectivity index (χ3v) is 4.65. The molecule has 0 fully saturated rings. The van der Waals surface area contributed by atoms with E-state index in [1.54, 1.807) is 24.3 Å². The first-order chi connectivity index (χ1) is 10.7. The maximum atomic E-state index is 11.5. The molecule has 2 aromatic rings. The van der Waals surface area contributed by atoms with Gasteiger partial charge in [0, 0.05) is 23.0 Å². The molecule has 0 aliphatic carbocycles. The van der Waals surface area contributed by atoms with E-state index in [0.29, 0.717) is 16.5 Å². The van der Waals surface area contributed by atoms with Gasteiger partial charge in [0.05, 0.1) is 12.2 Å². The zero-order valence-corrected chi connectivity index (χ0v) is 13.8. The van der Waals surface area contributed by atoms with Crippen LogP contribution in [-0.4, -0.2) is 41.9 Å². The lowest BCUT2D eigenvalue weighted by atomic mass is 10.0. The van der Waals surface area contributed by atoms with E-state index in [0.717, 1.165) is 0 Å². The molecule has 0 radical (unpaired) electrons. The van der Waals surface area contributed by atoms with Gasteiger partial charge in [-0.3, -0.25) is 4.55 Å². The van der Waals surface area contributed by atoms with Crippen molar-refractivity contribution in [2.45, 2.75) is 31.0 Å². The summed E-state index contributed by atoms with van der Waals surface area (Å²) in [7, 11) is -4.32. The van der Waals surface area contributed by atoms with Gasteiger partial charge in [-0.2, -0.15) is 8.42 Å². The van der Waals surface area contributed by atoms with Crippen molar-refractivity contribution in [1.29, 1.82) is 0 Å². The Balaban J connectivity index is 2.33. The minimum Gasteiger partial charge on any atom is -0.390 e. The Morgan fingerprint density at radius 3 is 2.22 bits per heavy atom. The molecule has 0 spiro atoms. The molecular weight excluding hydrogens is 318 g/mol. The van der Waals surface area contributed by atoms with Crippen LogP contribution in [0, 0.1) is 5.92 Å². The molecular formula is C16H21NO5S. The van der Waals surface area contributed by atoms with Crippen LogP contribution in [0.4, 0.5) is 5.69 Å². The predicted octanol–water partition coefficient (Wildman–Crippen LogP) is 1.88. The van der Waals surface area contributed by atoms with Crippen LogP contribution < -0.4 is 5.32 Å². The molecule has 0 saturated heterocycles. The van der Waals surface area contributed by atoms with Crippen LogP contribution in [0.1, 0.15) is 13.8 Å². The van der Waals surface area contributed by atoms with E-state index in [9.17, 15) is 23.2 Å². The van der Waals surface area contributed by atoms with Gasteiger partial charge in [-0.25, -0.2) is 0 Å². The maximum absolute atomic E-state index is 11.5. The molecule has 0 saturated carbocycles. The van der Waals surface area contributed by atoms with E-state index in [1.165, 1.54) is 12.1 Å². The Labute approximate surface area is 135 Å². The van der Waals surface area contributed by atoms with Gasteiger partial charge in [-0.05, 0) is 18.1 Å². The molecule has 2 rings (SSSR count). The van der Waals surface area contributed by atoms with Crippen LogP contribution in [0.5, 0.6) is 0 Å². The van der Waals surface area contributed by atoms with Crippen LogP contribution in [0.25, 0.3) is 10.8 Å². The molecule has 4 N–H and O–H groups in total. The second-order valence-electron chi connectivity index (χ2n) is 5.81. The molecule has 0 heterocycles. The number of hydrogen-bond acceptors (Lipinski definition) is 5. The SMILES string of the molecule is CC(C)C(O)C(O)CNc1ccc(S(=O)(=O)O)c2ccccc12. The Morgan fingerprint density at radius 1 is 1.04 bits per heavy atom. The van der Waals surface area contributed by atoms with Gasteiger partial charge in [-0.15, -0.1) is 0 Å². The standard InChI is InChI=1S/C16H21NO5S/c1-10(2)16(19)14(18)9-17-13-7-8-15(23(20,21)22)12-6-4-3-5-11(12)13/h3-8,10,14,16-19H,9H2,1-2H3,(H,20,21,22). The van der Waals surface area contributed by atoms with E-state index < -0.39 is 22.3 Å². The quantitative estimate of drug-likeness (QED) is 0.599. The van der Waals surface area contributed by atoms with Crippen LogP contribution in [-0.2, 0) is 10.1 Å². The van der Waals surface area contributed by atoms with Crippen LogP contribution in [0.15, 0.2) is 41.3 Å². The number of hydrogen-bond donors (Lipinski definition) is 4. The van der Waals surface area contributed by atoms with E-state index in [1.807, 2.05) is 13.8 Å². The molecule has 7 heteroatoms. The first kappa shape index (κ1) is 17.7. The predicted molar refractivity (Wildman–Crippen MR) is 89.1 cm³/mol. The summed E-state index contributed by atoms with van der Waals surface area (Å²) in [6.07, 6.45) is -1.80. The molecule has 2 unspecified atom stereocenters. The molecule has 0 aromatic heterocycles. The lowest BCUT2D eigenvalue weighted by Gasteiger charge is -2.22. The highest BCUT2D eigenvalue weighted by Crippen LogP contribution is 2.29. The molecule has 6 nitrogen and oxygen atoms in total. The van der Waals surface area contributed by atoms with Crippen molar-refractivity contribution in [2.75, 3.05) is 11.9 Å². The second-order valence-corrected chi connectivity index (χ2v) is 7.20. The first-order valence-corrected chi connectivity index (χ1v) is 8.75. The third kappa shape index (κ3) is 4.00. The fourth-order valence-corrected chi connectivity index (χ4v) is 3.13. The molecule has 126 valence electrons. The highest BCUT2D eigenvalue weighted by atomic mass is 32.2. The number of benzene rings is 2. The number of rotatable bonds is 6. The summed E-state index contributed by atoms with van der Waals surface area (Å²) in [5.74, 6) is -0.0783. The Morgan fingerprint density at radius 2 is 1.65 bits per heavy atom. The van der Waals surface area contributed by atoms with Crippen molar-refractivity contribution >= 4 is 26.6 Å². The van der Waals surface area contributed by atoms with Crippen molar-refractivity contribution in [3.63, 3.8) is 0 Å². The van der Waals surface area contributed by atoms with Crippen LogP contribution in [0.3, 0.4) is 0 Å². The number of anilines is 1. The number of fused-ring (bicyclic) bond motifs is 1. The smallest absolute Gasteiger partial charge is 0.295 e.